The summed E-state index contributed by atoms with van der Waals surface area (Å²) in [6, 6.07) is 0. The van der Waals surface area contributed by atoms with E-state index in [0.29, 0.717) is 6.20 Å². The minimum Gasteiger partial charge on any atom is -0.480 e. The number of alkyl halides is 2. The average Bonchev–Trinajstić information content (AvgIpc) is 2.16. The van der Waals surface area contributed by atoms with Crippen LogP contribution in [0.3, 0.4) is 0 Å². The zero-order chi connectivity index (χ0) is 11.6. The molecule has 1 rings (SSSR count). The van der Waals surface area contributed by atoms with Gasteiger partial charge in [-0.15, -0.1) is 0 Å². The Labute approximate surface area is 87.8 Å². The Morgan fingerprint density at radius 3 is 2.60 bits per heavy atom. The van der Waals surface area contributed by atoms with E-state index in [1.54, 1.807) is 0 Å². The van der Waals surface area contributed by atoms with Crippen LogP contribution >= 0.6 is 11.6 Å². The number of nitrogens with zero attached hydrogens (tertiary/aromatic N) is 1. The van der Waals surface area contributed by atoms with Crippen molar-refractivity contribution in [2.24, 2.45) is 0 Å². The molecule has 1 aromatic rings. The normalized spacial score (nSPS) is 10.5. The minimum absolute atomic E-state index is 0.424. The number of ether oxygens (including phenoxy) is 1. The van der Waals surface area contributed by atoms with E-state index in [1.807, 2.05) is 0 Å². The van der Waals surface area contributed by atoms with Crippen molar-refractivity contribution < 1.29 is 22.7 Å². The fourth-order valence-corrected chi connectivity index (χ4v) is 1.22. The summed E-state index contributed by atoms with van der Waals surface area (Å²) in [6.45, 7) is 0. The second kappa shape index (κ2) is 4.48. The fraction of sp³-hybridized carbons (Fsp3) is 0.250. The predicted molar refractivity (Wildman–Crippen MR) is 45.9 cm³/mol. The van der Waals surface area contributed by atoms with Crippen molar-refractivity contribution in [2.45, 2.75) is 6.43 Å². The molecule has 82 valence electrons. The molecule has 3 nitrogen and oxygen atoms in total. The van der Waals surface area contributed by atoms with Gasteiger partial charge >= 0.3 is 0 Å². The molecule has 0 spiro atoms. The van der Waals surface area contributed by atoms with Gasteiger partial charge in [-0.3, -0.25) is 4.79 Å². The Balaban J connectivity index is 3.51. The summed E-state index contributed by atoms with van der Waals surface area (Å²) >= 11 is 5.05. The van der Waals surface area contributed by atoms with Crippen LogP contribution in [0.5, 0.6) is 5.88 Å². The summed E-state index contributed by atoms with van der Waals surface area (Å²) in [4.78, 5) is 14.2. The molecule has 0 aliphatic carbocycles. The first kappa shape index (κ1) is 11.8. The molecule has 7 heteroatoms. The monoisotopic (exact) mass is 239 g/mol. The molecule has 0 amide bonds. The largest absolute Gasteiger partial charge is 0.480 e. The summed E-state index contributed by atoms with van der Waals surface area (Å²) in [6.07, 6.45) is -2.62. The van der Waals surface area contributed by atoms with Gasteiger partial charge < -0.3 is 4.74 Å². The number of hydrogen-bond donors (Lipinski definition) is 0. The SMILES string of the molecule is COc1ncc(F)c(C(F)F)c1C(=O)Cl. The van der Waals surface area contributed by atoms with E-state index >= 15 is 0 Å². The molecule has 0 aromatic carbocycles. The molecule has 0 aliphatic rings. The molecule has 0 bridgehead atoms. The van der Waals surface area contributed by atoms with Gasteiger partial charge in [-0.1, -0.05) is 0 Å². The number of halogens is 4. The Morgan fingerprint density at radius 1 is 1.60 bits per heavy atom. The van der Waals surface area contributed by atoms with Crippen molar-refractivity contribution in [1.82, 2.24) is 4.98 Å². The summed E-state index contributed by atoms with van der Waals surface area (Å²) in [5.41, 5.74) is -1.84. The second-order valence-corrected chi connectivity index (χ2v) is 2.82. The number of aromatic nitrogens is 1. The van der Waals surface area contributed by atoms with Gasteiger partial charge in [-0.25, -0.2) is 18.2 Å². The lowest BCUT2D eigenvalue weighted by atomic mass is 10.1. The van der Waals surface area contributed by atoms with Crippen LogP contribution in [-0.4, -0.2) is 17.3 Å². The Morgan fingerprint density at radius 2 is 2.20 bits per heavy atom. The van der Waals surface area contributed by atoms with Gasteiger partial charge in [0.1, 0.15) is 5.56 Å². The van der Waals surface area contributed by atoms with Gasteiger partial charge in [-0.05, 0) is 11.6 Å². The lowest BCUT2D eigenvalue weighted by Gasteiger charge is -2.09. The van der Waals surface area contributed by atoms with Crippen LogP contribution in [0.2, 0.25) is 0 Å². The Kier molecular flexibility index (Phi) is 3.52. The van der Waals surface area contributed by atoms with Crippen LogP contribution in [0.25, 0.3) is 0 Å². The van der Waals surface area contributed by atoms with E-state index in [1.165, 1.54) is 0 Å². The maximum absolute atomic E-state index is 13.0. The van der Waals surface area contributed by atoms with Crippen molar-refractivity contribution in [2.75, 3.05) is 7.11 Å². The van der Waals surface area contributed by atoms with E-state index in [4.69, 9.17) is 11.6 Å². The van der Waals surface area contributed by atoms with Gasteiger partial charge in [0.15, 0.2) is 5.82 Å². The minimum atomic E-state index is -3.17. The van der Waals surface area contributed by atoms with E-state index in [9.17, 15) is 18.0 Å². The summed E-state index contributed by atoms with van der Waals surface area (Å²) in [7, 11) is 1.11. The van der Waals surface area contributed by atoms with E-state index in [0.717, 1.165) is 7.11 Å². The number of carbonyl (C=O) groups excluding carboxylic acids is 1. The van der Waals surface area contributed by atoms with Crippen molar-refractivity contribution in [3.63, 3.8) is 0 Å². The molecular formula is C8H5ClF3NO2. The highest BCUT2D eigenvalue weighted by molar-refractivity contribution is 6.68. The molecule has 0 saturated heterocycles. The molecule has 0 saturated carbocycles. The highest BCUT2D eigenvalue weighted by Gasteiger charge is 2.26. The quantitative estimate of drug-likeness (QED) is 0.761. The molecule has 1 aromatic heterocycles. The molecule has 15 heavy (non-hydrogen) atoms. The van der Waals surface area contributed by atoms with Crippen molar-refractivity contribution in [1.29, 1.82) is 0 Å². The summed E-state index contributed by atoms with van der Waals surface area (Å²) < 4.78 is 42.4. The lowest BCUT2D eigenvalue weighted by molar-refractivity contribution is 0.105. The van der Waals surface area contributed by atoms with Crippen LogP contribution in [0, 0.1) is 5.82 Å². The van der Waals surface area contributed by atoms with Crippen molar-refractivity contribution >= 4 is 16.8 Å². The van der Waals surface area contributed by atoms with Crippen LogP contribution in [0.15, 0.2) is 6.20 Å². The first-order valence-corrected chi connectivity index (χ1v) is 4.07. The van der Waals surface area contributed by atoms with E-state index < -0.39 is 34.5 Å². The number of methoxy groups -OCH3 is 1. The van der Waals surface area contributed by atoms with Crippen LogP contribution in [0.4, 0.5) is 13.2 Å². The van der Waals surface area contributed by atoms with Crippen LogP contribution in [0.1, 0.15) is 22.3 Å². The zero-order valence-corrected chi connectivity index (χ0v) is 8.19. The van der Waals surface area contributed by atoms with Gasteiger partial charge in [0.25, 0.3) is 11.7 Å². The third kappa shape index (κ3) is 2.20. The van der Waals surface area contributed by atoms with Gasteiger partial charge in [0.2, 0.25) is 5.88 Å². The van der Waals surface area contributed by atoms with Gasteiger partial charge in [-0.2, -0.15) is 0 Å². The van der Waals surface area contributed by atoms with Crippen molar-refractivity contribution in [3.8, 4) is 5.88 Å². The number of pyridine rings is 1. The topological polar surface area (TPSA) is 39.2 Å². The second-order valence-electron chi connectivity index (χ2n) is 2.48. The molecular weight excluding hydrogens is 235 g/mol. The number of hydrogen-bond acceptors (Lipinski definition) is 3. The maximum atomic E-state index is 13.0. The summed E-state index contributed by atoms with van der Waals surface area (Å²) in [5.74, 6) is -1.72. The highest BCUT2D eigenvalue weighted by Crippen LogP contribution is 2.31. The number of carbonyl (C=O) groups is 1. The number of rotatable bonds is 3. The third-order valence-corrected chi connectivity index (χ3v) is 1.83. The van der Waals surface area contributed by atoms with E-state index in [-0.39, 0.29) is 0 Å². The van der Waals surface area contributed by atoms with Crippen molar-refractivity contribution in [3.05, 3.63) is 23.1 Å². The van der Waals surface area contributed by atoms with Crippen LogP contribution < -0.4 is 4.74 Å². The molecule has 0 atom stereocenters. The molecule has 0 unspecified atom stereocenters. The summed E-state index contributed by atoms with van der Waals surface area (Å²) in [5, 5.41) is -1.24. The van der Waals surface area contributed by atoms with Crippen LogP contribution in [-0.2, 0) is 0 Å². The highest BCUT2D eigenvalue weighted by atomic mass is 35.5. The van der Waals surface area contributed by atoms with E-state index in [2.05, 4.69) is 9.72 Å². The first-order chi connectivity index (χ1) is 6.99. The third-order valence-electron chi connectivity index (χ3n) is 1.64. The maximum Gasteiger partial charge on any atom is 0.267 e. The fourth-order valence-electron chi connectivity index (χ4n) is 1.04. The lowest BCUT2D eigenvalue weighted by Crippen LogP contribution is -2.07. The average molecular weight is 240 g/mol. The molecule has 1 heterocycles. The standard InChI is InChI=1S/C8H5ClF3NO2/c1-15-8-5(6(9)14)4(7(11)12)3(10)2-13-8/h2,7H,1H3. The molecule has 0 aliphatic heterocycles. The molecule has 0 radical (unpaired) electrons. The molecule has 0 N–H and O–H groups in total. The van der Waals surface area contributed by atoms with Gasteiger partial charge in [0.05, 0.1) is 18.9 Å². The van der Waals surface area contributed by atoms with Gasteiger partial charge in [0, 0.05) is 0 Å². The zero-order valence-electron chi connectivity index (χ0n) is 7.43. The Hall–Kier alpha value is -1.30. The predicted octanol–water partition coefficient (Wildman–Crippen LogP) is 2.55. The first-order valence-electron chi connectivity index (χ1n) is 3.69. The smallest absolute Gasteiger partial charge is 0.267 e. The Bertz CT molecular complexity index is 398. The molecule has 0 fully saturated rings.